The lowest BCUT2D eigenvalue weighted by Gasteiger charge is -2.31. The molecular formula is C62H46S2. The molecule has 0 amide bonds. The summed E-state index contributed by atoms with van der Waals surface area (Å²) >= 11 is 4.06. The van der Waals surface area contributed by atoms with Gasteiger partial charge in [0.05, 0.1) is 0 Å². The summed E-state index contributed by atoms with van der Waals surface area (Å²) < 4.78 is 0. The van der Waals surface area contributed by atoms with Crippen molar-refractivity contribution in [2.45, 2.75) is 43.3 Å². The first-order valence-electron chi connectivity index (χ1n) is 23.0. The second-order valence-electron chi connectivity index (χ2n) is 17.9. The molecule has 2 heteroatoms. The molecule has 0 saturated heterocycles. The average molecular weight is 855 g/mol. The van der Waals surface area contributed by atoms with Gasteiger partial charge in [-0.05, 0) is 155 Å². The predicted molar refractivity (Wildman–Crippen MR) is 277 cm³/mol. The van der Waals surface area contributed by atoms with Gasteiger partial charge >= 0.3 is 0 Å². The van der Waals surface area contributed by atoms with Crippen LogP contribution in [0.25, 0.3) is 71.0 Å². The Morgan fingerprint density at radius 2 is 1.23 bits per heavy atom. The van der Waals surface area contributed by atoms with Gasteiger partial charge in [0.15, 0.2) is 0 Å². The lowest BCUT2D eigenvalue weighted by molar-refractivity contribution is 0.798. The normalized spacial score (nSPS) is 19.8. The molecule has 0 nitrogen and oxygen atoms in total. The Morgan fingerprint density at radius 1 is 0.516 bits per heavy atom. The van der Waals surface area contributed by atoms with Gasteiger partial charge in [0.1, 0.15) is 0 Å². The summed E-state index contributed by atoms with van der Waals surface area (Å²) in [5, 5.41) is 13.9. The second-order valence-corrected chi connectivity index (χ2v) is 20.3. The van der Waals surface area contributed by atoms with E-state index in [2.05, 4.69) is 212 Å². The van der Waals surface area contributed by atoms with Crippen LogP contribution in [0.1, 0.15) is 70.4 Å². The van der Waals surface area contributed by atoms with Gasteiger partial charge in [-0.3, -0.25) is 0 Å². The smallest absolute Gasteiger partial charge is 0.0473 e. The van der Waals surface area contributed by atoms with Gasteiger partial charge in [-0.1, -0.05) is 170 Å². The lowest BCUT2D eigenvalue weighted by atomic mass is 9.72. The van der Waals surface area contributed by atoms with Crippen molar-refractivity contribution in [1.82, 2.24) is 0 Å². The molecule has 7 aromatic carbocycles. The summed E-state index contributed by atoms with van der Waals surface area (Å²) in [7, 11) is 0. The molecule has 1 aromatic heterocycles. The summed E-state index contributed by atoms with van der Waals surface area (Å²) in [4.78, 5) is 4.24. The van der Waals surface area contributed by atoms with Gasteiger partial charge in [-0.2, -0.15) is 0 Å². The SMILES string of the molecule is C1=CCC2C(=C1)C(c1ccc3ccccc3c1)=c1cc(C3=CCC(c4ccc(-c5c6c(c(C7C=CC=CC7)c7ccccc57)=CCCC=6)s4)S3)ccc1=C2c1ccc2ccccc2c1. The summed E-state index contributed by atoms with van der Waals surface area (Å²) in [6.07, 6.45) is 29.0. The van der Waals surface area contributed by atoms with Crippen LogP contribution in [-0.2, 0) is 0 Å². The number of rotatable bonds is 6. The van der Waals surface area contributed by atoms with Gasteiger partial charge < -0.3 is 0 Å². The van der Waals surface area contributed by atoms with E-state index in [-0.39, 0.29) is 5.92 Å². The van der Waals surface area contributed by atoms with E-state index in [9.17, 15) is 0 Å². The Bertz CT molecular complexity index is 3690. The minimum Gasteiger partial charge on any atom is -0.139 e. The summed E-state index contributed by atoms with van der Waals surface area (Å²) in [5.74, 6) is 0.684. The third-order valence-electron chi connectivity index (χ3n) is 14.3. The standard InChI is InChI=1S/C62H46S2/c1-2-16-41(17-3-1)59-49-22-10-12-24-51(49)62(52-25-13-11-23-50(52)59)58-35-34-57(64-58)56-33-32-55(63-56)44-30-31-53-54(38-44)61(46-29-27-40-15-5-7-19-43(40)37-46)48-21-9-8-20-47(48)60(53)45-28-26-39-14-4-6-18-42(39)36-45/h1-10,12,14-16,18-19,21-32,34-38,41,47,56H,11,13,17,20,33H2. The molecule has 0 spiro atoms. The maximum Gasteiger partial charge on any atom is 0.0473 e. The Morgan fingerprint density at radius 3 is 2.05 bits per heavy atom. The average Bonchev–Trinajstić information content (AvgIpc) is 4.06. The van der Waals surface area contributed by atoms with E-state index in [0.29, 0.717) is 11.2 Å². The number of hydrogen-bond acceptors (Lipinski definition) is 2. The molecule has 306 valence electrons. The maximum atomic E-state index is 2.53. The first kappa shape index (κ1) is 38.0. The topological polar surface area (TPSA) is 0 Å². The van der Waals surface area contributed by atoms with Crippen LogP contribution < -0.4 is 20.9 Å². The van der Waals surface area contributed by atoms with Crippen molar-refractivity contribution in [3.8, 4) is 10.4 Å². The third-order valence-corrected chi connectivity index (χ3v) is 17.0. The highest BCUT2D eigenvalue weighted by atomic mass is 32.2. The fraction of sp³-hybridized carbons (Fsp3) is 0.129. The number of allylic oxidation sites excluding steroid dienone is 9. The van der Waals surface area contributed by atoms with E-state index < -0.39 is 0 Å². The highest BCUT2D eigenvalue weighted by Crippen LogP contribution is 2.51. The highest BCUT2D eigenvalue weighted by molar-refractivity contribution is 8.08. The molecule has 0 fully saturated rings. The van der Waals surface area contributed by atoms with E-state index in [1.54, 1.807) is 0 Å². The largest absolute Gasteiger partial charge is 0.139 e. The molecule has 64 heavy (non-hydrogen) atoms. The van der Waals surface area contributed by atoms with Crippen molar-refractivity contribution < 1.29 is 0 Å². The van der Waals surface area contributed by atoms with Crippen molar-refractivity contribution in [2.75, 3.05) is 0 Å². The molecule has 4 aliphatic carbocycles. The quantitative estimate of drug-likeness (QED) is 0.161. The molecule has 2 heterocycles. The van der Waals surface area contributed by atoms with Gasteiger partial charge in [0.25, 0.3) is 0 Å². The summed E-state index contributed by atoms with van der Waals surface area (Å²) in [6, 6.07) is 53.2. The number of fused-ring (bicyclic) bond motifs is 6. The van der Waals surface area contributed by atoms with Crippen molar-refractivity contribution in [3.63, 3.8) is 0 Å². The summed E-state index contributed by atoms with van der Waals surface area (Å²) in [5.41, 5.74) is 11.1. The van der Waals surface area contributed by atoms with Crippen LogP contribution in [0.2, 0.25) is 0 Å². The van der Waals surface area contributed by atoms with Crippen molar-refractivity contribution in [2.24, 2.45) is 5.92 Å². The maximum absolute atomic E-state index is 2.53. The van der Waals surface area contributed by atoms with E-state index in [4.69, 9.17) is 0 Å². The fourth-order valence-electron chi connectivity index (χ4n) is 11.4. The molecule has 0 saturated carbocycles. The summed E-state index contributed by atoms with van der Waals surface area (Å²) in [6.45, 7) is 0. The predicted octanol–water partition coefficient (Wildman–Crippen LogP) is 14.0. The molecule has 8 aromatic rings. The minimum atomic E-state index is 0.277. The van der Waals surface area contributed by atoms with E-state index in [1.165, 1.54) is 112 Å². The monoisotopic (exact) mass is 854 g/mol. The molecule has 0 radical (unpaired) electrons. The van der Waals surface area contributed by atoms with Gasteiger partial charge in [-0.25, -0.2) is 0 Å². The molecule has 1 aliphatic heterocycles. The first-order valence-corrected chi connectivity index (χ1v) is 24.7. The van der Waals surface area contributed by atoms with Crippen LogP contribution >= 0.6 is 23.1 Å². The Hall–Kier alpha value is -6.45. The zero-order chi connectivity index (χ0) is 42.1. The number of benzene rings is 7. The van der Waals surface area contributed by atoms with Crippen LogP contribution in [0.5, 0.6) is 0 Å². The zero-order valence-electron chi connectivity index (χ0n) is 35.6. The molecule has 3 unspecified atom stereocenters. The Kier molecular flexibility index (Phi) is 9.31. The van der Waals surface area contributed by atoms with Crippen LogP contribution in [0.4, 0.5) is 0 Å². The third kappa shape index (κ3) is 6.33. The van der Waals surface area contributed by atoms with Gasteiger partial charge in [0, 0.05) is 37.3 Å². The van der Waals surface area contributed by atoms with E-state index >= 15 is 0 Å². The molecule has 5 aliphatic rings. The van der Waals surface area contributed by atoms with Crippen LogP contribution in [0, 0.1) is 5.92 Å². The van der Waals surface area contributed by atoms with Gasteiger partial charge in [0.2, 0.25) is 0 Å². The van der Waals surface area contributed by atoms with Crippen LogP contribution in [0.3, 0.4) is 0 Å². The molecule has 13 rings (SSSR count). The lowest BCUT2D eigenvalue weighted by Crippen LogP contribution is -2.38. The van der Waals surface area contributed by atoms with Crippen LogP contribution in [-0.4, -0.2) is 0 Å². The molecule has 0 N–H and O–H groups in total. The van der Waals surface area contributed by atoms with E-state index in [1.807, 2.05) is 11.3 Å². The van der Waals surface area contributed by atoms with Crippen molar-refractivity contribution in [1.29, 1.82) is 0 Å². The zero-order valence-corrected chi connectivity index (χ0v) is 37.3. The molecular weight excluding hydrogens is 809 g/mol. The van der Waals surface area contributed by atoms with E-state index in [0.717, 1.165) is 32.1 Å². The van der Waals surface area contributed by atoms with Gasteiger partial charge in [-0.15, -0.1) is 23.1 Å². The van der Waals surface area contributed by atoms with Crippen molar-refractivity contribution >= 4 is 83.6 Å². The number of hydrogen-bond donors (Lipinski definition) is 0. The fourth-order valence-corrected chi connectivity index (χ4v) is 13.9. The number of thioether (sulfide) groups is 1. The highest BCUT2D eigenvalue weighted by Gasteiger charge is 2.31. The molecule has 3 atom stereocenters. The Labute approximate surface area is 382 Å². The molecule has 0 bridgehead atoms. The van der Waals surface area contributed by atoms with Crippen LogP contribution in [0.15, 0.2) is 194 Å². The minimum absolute atomic E-state index is 0.277. The Balaban J connectivity index is 0.920. The first-order chi connectivity index (χ1) is 31.7. The number of thiophene rings is 1. The second kappa shape index (κ2) is 15.7. The van der Waals surface area contributed by atoms with Crippen molar-refractivity contribution in [3.05, 3.63) is 242 Å².